The monoisotopic (exact) mass is 332 g/mol. The molecule has 5 atom stereocenters. The highest BCUT2D eigenvalue weighted by Gasteiger charge is 2.57. The van der Waals surface area contributed by atoms with Crippen LogP contribution < -0.4 is 0 Å². The minimum atomic E-state index is -1.05. The number of hydrogen-bond donors (Lipinski definition) is 1. The molecule has 132 valence electrons. The van der Waals surface area contributed by atoms with Gasteiger partial charge in [0.05, 0.1) is 0 Å². The van der Waals surface area contributed by atoms with Crippen LogP contribution in [0.3, 0.4) is 0 Å². The highest BCUT2D eigenvalue weighted by Crippen LogP contribution is 2.57. The van der Waals surface area contributed by atoms with E-state index in [9.17, 15) is 14.7 Å². The van der Waals surface area contributed by atoms with E-state index < -0.39 is 11.5 Å². The molecule has 0 aromatic heterocycles. The minimum absolute atomic E-state index is 0.208. The van der Waals surface area contributed by atoms with Crippen molar-refractivity contribution >= 4 is 11.8 Å². The molecule has 0 aromatic carbocycles. The highest BCUT2D eigenvalue weighted by atomic mass is 16.5. The molecule has 24 heavy (non-hydrogen) atoms. The van der Waals surface area contributed by atoms with Gasteiger partial charge in [-0.2, -0.15) is 0 Å². The van der Waals surface area contributed by atoms with Crippen LogP contribution in [0.25, 0.3) is 0 Å². The molecule has 2 rings (SSSR count). The van der Waals surface area contributed by atoms with E-state index in [1.165, 1.54) is 6.08 Å². The Morgan fingerprint density at radius 3 is 2.62 bits per heavy atom. The normalized spacial score (nSPS) is 36.7. The number of aliphatic hydroxyl groups is 1. The van der Waals surface area contributed by atoms with Gasteiger partial charge in [-0.05, 0) is 52.5 Å². The summed E-state index contributed by atoms with van der Waals surface area (Å²) in [5.74, 6) is -0.697. The Morgan fingerprint density at radius 2 is 2.08 bits per heavy atom. The summed E-state index contributed by atoms with van der Waals surface area (Å²) in [6, 6.07) is 0. The van der Waals surface area contributed by atoms with Crippen LogP contribution in [0.15, 0.2) is 35.5 Å². The molecule has 1 spiro atoms. The smallest absolute Gasteiger partial charge is 0.333 e. The van der Waals surface area contributed by atoms with Crippen LogP contribution in [0.1, 0.15) is 47.5 Å². The van der Waals surface area contributed by atoms with E-state index >= 15 is 0 Å². The largest absolute Gasteiger partial charge is 0.458 e. The number of carbonyl (C=O) groups is 2. The summed E-state index contributed by atoms with van der Waals surface area (Å²) in [6.45, 7) is 13.4. The van der Waals surface area contributed by atoms with Crippen molar-refractivity contribution in [2.24, 2.45) is 17.3 Å². The number of aliphatic hydroxyl groups excluding tert-OH is 1. The zero-order valence-corrected chi connectivity index (χ0v) is 15.3. The second kappa shape index (κ2) is 6.67. The Labute approximate surface area is 144 Å². The zero-order chi connectivity index (χ0) is 18.2. The van der Waals surface area contributed by atoms with Crippen molar-refractivity contribution in [2.45, 2.75) is 59.7 Å². The predicted octanol–water partition coefficient (Wildman–Crippen LogP) is 3.36. The van der Waals surface area contributed by atoms with Crippen LogP contribution in [0, 0.1) is 17.3 Å². The van der Waals surface area contributed by atoms with Crippen molar-refractivity contribution in [1.29, 1.82) is 0 Å². The molecule has 0 heterocycles. The van der Waals surface area contributed by atoms with Crippen molar-refractivity contribution in [3.63, 3.8) is 0 Å². The lowest BCUT2D eigenvalue weighted by Gasteiger charge is -2.45. The molecule has 1 N–H and O–H groups in total. The molecule has 0 saturated heterocycles. The molecular formula is C20H28O4. The van der Waals surface area contributed by atoms with Gasteiger partial charge in [0.1, 0.15) is 12.2 Å². The molecule has 2 aliphatic rings. The van der Waals surface area contributed by atoms with Gasteiger partial charge in [0, 0.05) is 16.9 Å². The van der Waals surface area contributed by atoms with Gasteiger partial charge in [0.15, 0.2) is 5.78 Å². The Hall–Kier alpha value is -1.68. The third-order valence-electron chi connectivity index (χ3n) is 6.03. The van der Waals surface area contributed by atoms with Crippen LogP contribution in [0.2, 0.25) is 0 Å². The fourth-order valence-electron chi connectivity index (χ4n) is 4.17. The molecular weight excluding hydrogens is 304 g/mol. The van der Waals surface area contributed by atoms with Gasteiger partial charge in [0.2, 0.25) is 0 Å². The van der Waals surface area contributed by atoms with Crippen molar-refractivity contribution in [1.82, 2.24) is 0 Å². The minimum Gasteiger partial charge on any atom is -0.458 e. The number of esters is 1. The summed E-state index contributed by atoms with van der Waals surface area (Å²) < 4.78 is 5.85. The lowest BCUT2D eigenvalue weighted by molar-refractivity contribution is -0.153. The van der Waals surface area contributed by atoms with E-state index in [2.05, 4.69) is 6.58 Å². The third kappa shape index (κ3) is 2.88. The Morgan fingerprint density at radius 1 is 1.46 bits per heavy atom. The van der Waals surface area contributed by atoms with Gasteiger partial charge >= 0.3 is 5.97 Å². The number of allylic oxidation sites excluding steroid dienone is 2. The van der Waals surface area contributed by atoms with E-state index in [1.54, 1.807) is 19.9 Å². The molecule has 4 nitrogen and oxygen atoms in total. The summed E-state index contributed by atoms with van der Waals surface area (Å²) in [4.78, 5) is 24.3. The first-order valence-corrected chi connectivity index (χ1v) is 8.55. The van der Waals surface area contributed by atoms with Gasteiger partial charge in [-0.25, -0.2) is 4.79 Å². The van der Waals surface area contributed by atoms with Gasteiger partial charge in [-0.15, -0.1) is 0 Å². The first-order valence-electron chi connectivity index (χ1n) is 8.55. The van der Waals surface area contributed by atoms with E-state index in [-0.39, 0.29) is 29.7 Å². The Balaban J connectivity index is 2.46. The SMILES string of the molecule is C=C(C)C1CC(OC(=O)C(C)=CC)C2(C1)C(C)=CC(=O)C(O)C2C. The van der Waals surface area contributed by atoms with Gasteiger partial charge < -0.3 is 9.84 Å². The maximum atomic E-state index is 12.3. The third-order valence-corrected chi connectivity index (χ3v) is 6.03. The fourth-order valence-corrected chi connectivity index (χ4v) is 4.17. The van der Waals surface area contributed by atoms with Crippen molar-refractivity contribution in [3.05, 3.63) is 35.5 Å². The molecule has 0 aliphatic heterocycles. The van der Waals surface area contributed by atoms with E-state index in [1.807, 2.05) is 20.8 Å². The molecule has 0 amide bonds. The summed E-state index contributed by atoms with van der Waals surface area (Å²) in [5, 5.41) is 10.4. The van der Waals surface area contributed by atoms with Crippen molar-refractivity contribution < 1.29 is 19.4 Å². The number of ether oxygens (including phenoxy) is 1. The molecule has 0 radical (unpaired) electrons. The lowest BCUT2D eigenvalue weighted by atomic mass is 9.62. The van der Waals surface area contributed by atoms with Crippen LogP contribution >= 0.6 is 0 Å². The number of hydrogen-bond acceptors (Lipinski definition) is 4. The molecule has 0 bridgehead atoms. The molecule has 1 saturated carbocycles. The maximum Gasteiger partial charge on any atom is 0.333 e. The fraction of sp³-hybridized carbons (Fsp3) is 0.600. The zero-order valence-electron chi connectivity index (χ0n) is 15.3. The van der Waals surface area contributed by atoms with Crippen LogP contribution in [0.5, 0.6) is 0 Å². The van der Waals surface area contributed by atoms with Gasteiger partial charge in [-0.3, -0.25) is 4.79 Å². The number of ketones is 1. The van der Waals surface area contributed by atoms with E-state index in [0.29, 0.717) is 12.0 Å². The van der Waals surface area contributed by atoms with Crippen molar-refractivity contribution in [3.8, 4) is 0 Å². The molecule has 5 unspecified atom stereocenters. The van der Waals surface area contributed by atoms with Crippen molar-refractivity contribution in [2.75, 3.05) is 0 Å². The molecule has 1 fully saturated rings. The van der Waals surface area contributed by atoms with E-state index in [4.69, 9.17) is 4.74 Å². The Bertz CT molecular complexity index is 628. The second-order valence-electron chi connectivity index (χ2n) is 7.35. The topological polar surface area (TPSA) is 63.6 Å². The van der Waals surface area contributed by atoms with Gasteiger partial charge in [-0.1, -0.05) is 30.7 Å². The van der Waals surface area contributed by atoms with E-state index in [0.717, 1.165) is 17.6 Å². The molecule has 0 aromatic rings. The summed E-state index contributed by atoms with van der Waals surface area (Å²) in [5.41, 5.74) is 1.98. The average molecular weight is 332 g/mol. The molecule has 2 aliphatic carbocycles. The summed E-state index contributed by atoms with van der Waals surface area (Å²) >= 11 is 0. The number of rotatable bonds is 3. The average Bonchev–Trinajstić information content (AvgIpc) is 2.91. The molecule has 4 heteroatoms. The first kappa shape index (κ1) is 18.7. The summed E-state index contributed by atoms with van der Waals surface area (Å²) in [6.07, 6.45) is 3.25. The standard InChI is InChI=1S/C20H28O4/c1-7-12(4)19(23)24-17-9-15(11(2)3)10-20(17)13(5)8-16(21)18(22)14(20)6/h7-8,14-15,17-18,22H,2,9-10H2,1,3-6H3. The Kier molecular flexibility index (Phi) is 5.19. The highest BCUT2D eigenvalue weighted by molar-refractivity contribution is 5.95. The van der Waals surface area contributed by atoms with Crippen LogP contribution in [0.4, 0.5) is 0 Å². The predicted molar refractivity (Wildman–Crippen MR) is 93.2 cm³/mol. The maximum absolute atomic E-state index is 12.3. The quantitative estimate of drug-likeness (QED) is 0.489. The first-order chi connectivity index (χ1) is 11.1. The van der Waals surface area contributed by atoms with Gasteiger partial charge in [0.25, 0.3) is 0 Å². The lowest BCUT2D eigenvalue weighted by Crippen LogP contribution is -2.50. The van der Waals surface area contributed by atoms with Crippen LogP contribution in [-0.2, 0) is 14.3 Å². The number of carbonyl (C=O) groups excluding carboxylic acids is 2. The second-order valence-corrected chi connectivity index (χ2v) is 7.35. The summed E-state index contributed by atoms with van der Waals surface area (Å²) in [7, 11) is 0. The van der Waals surface area contributed by atoms with Crippen LogP contribution in [-0.4, -0.2) is 29.1 Å².